The van der Waals surface area contributed by atoms with E-state index < -0.39 is 0 Å². The molecule has 2 N–H and O–H groups in total. The van der Waals surface area contributed by atoms with Crippen molar-refractivity contribution in [1.29, 1.82) is 0 Å². The third-order valence-corrected chi connectivity index (χ3v) is 2.79. The minimum absolute atomic E-state index is 0.682. The smallest absolute Gasteiger partial charge is 0.180 e. The lowest BCUT2D eigenvalue weighted by atomic mass is 10.1. The summed E-state index contributed by atoms with van der Waals surface area (Å²) in [5.74, 6) is 0. The molecule has 72 valence electrons. The zero-order chi connectivity index (χ0) is 9.52. The molecule has 1 rings (SSSR count). The van der Waals surface area contributed by atoms with E-state index in [1.807, 2.05) is 12.3 Å². The van der Waals surface area contributed by atoms with Crippen LogP contribution in [0.1, 0.15) is 30.6 Å². The highest BCUT2D eigenvalue weighted by Gasteiger charge is 1.97. The number of hydrogen-bond acceptors (Lipinski definition) is 3. The first-order valence-corrected chi connectivity index (χ1v) is 5.45. The summed E-state index contributed by atoms with van der Waals surface area (Å²) in [5, 5.41) is 0.682. The van der Waals surface area contributed by atoms with Gasteiger partial charge in [0.15, 0.2) is 5.13 Å². The van der Waals surface area contributed by atoms with E-state index in [1.165, 1.54) is 24.1 Å². The zero-order valence-corrected chi connectivity index (χ0v) is 8.65. The molecule has 1 aromatic rings. The van der Waals surface area contributed by atoms with E-state index in [-0.39, 0.29) is 0 Å². The summed E-state index contributed by atoms with van der Waals surface area (Å²) in [4.78, 5) is 5.31. The van der Waals surface area contributed by atoms with Gasteiger partial charge < -0.3 is 5.73 Å². The molecule has 0 radical (unpaired) electrons. The van der Waals surface area contributed by atoms with Crippen LogP contribution in [0.3, 0.4) is 0 Å². The lowest BCUT2D eigenvalue weighted by Gasteiger charge is -1.95. The fraction of sp³-hybridized carbons (Fsp3) is 0.500. The summed E-state index contributed by atoms with van der Waals surface area (Å²) in [6.45, 7) is 3.70. The molecule has 1 heterocycles. The lowest BCUT2D eigenvalue weighted by Crippen LogP contribution is -1.81. The van der Waals surface area contributed by atoms with Crippen LogP contribution in [0.5, 0.6) is 0 Å². The second-order valence-electron chi connectivity index (χ2n) is 3.05. The lowest BCUT2D eigenvalue weighted by molar-refractivity contribution is 0.691. The predicted molar refractivity (Wildman–Crippen MR) is 58.9 cm³/mol. The molecule has 0 atom stereocenters. The van der Waals surface area contributed by atoms with Gasteiger partial charge in [0.1, 0.15) is 0 Å². The first-order chi connectivity index (χ1) is 6.33. The summed E-state index contributed by atoms with van der Waals surface area (Å²) in [6, 6.07) is 0. The Morgan fingerprint density at radius 2 is 2.31 bits per heavy atom. The van der Waals surface area contributed by atoms with Gasteiger partial charge in [-0.25, -0.2) is 4.98 Å². The van der Waals surface area contributed by atoms with E-state index in [9.17, 15) is 0 Å². The number of aromatic nitrogens is 1. The topological polar surface area (TPSA) is 38.9 Å². The Balaban J connectivity index is 2.09. The van der Waals surface area contributed by atoms with E-state index >= 15 is 0 Å². The molecule has 0 aliphatic carbocycles. The number of nitrogen functional groups attached to an aromatic ring is 1. The number of unbranched alkanes of at least 4 members (excludes halogenated alkanes) is 3. The van der Waals surface area contributed by atoms with Crippen LogP contribution in [0.2, 0.25) is 0 Å². The number of thiazole rings is 1. The van der Waals surface area contributed by atoms with Crippen molar-refractivity contribution in [3.8, 4) is 0 Å². The van der Waals surface area contributed by atoms with E-state index in [4.69, 9.17) is 5.73 Å². The van der Waals surface area contributed by atoms with Crippen LogP contribution in [0.15, 0.2) is 18.9 Å². The minimum Gasteiger partial charge on any atom is -0.375 e. The molecule has 0 aliphatic rings. The van der Waals surface area contributed by atoms with Crippen molar-refractivity contribution in [2.24, 2.45) is 0 Å². The molecule has 0 aliphatic heterocycles. The fourth-order valence-electron chi connectivity index (χ4n) is 1.20. The minimum atomic E-state index is 0.682. The third kappa shape index (κ3) is 4.08. The van der Waals surface area contributed by atoms with Crippen molar-refractivity contribution in [3.63, 3.8) is 0 Å². The van der Waals surface area contributed by atoms with Crippen LogP contribution in [0, 0.1) is 0 Å². The van der Waals surface area contributed by atoms with Crippen molar-refractivity contribution in [3.05, 3.63) is 23.7 Å². The third-order valence-electron chi connectivity index (χ3n) is 1.90. The second-order valence-corrected chi connectivity index (χ2v) is 4.20. The van der Waals surface area contributed by atoms with Crippen LogP contribution in [0.4, 0.5) is 5.13 Å². The van der Waals surface area contributed by atoms with Gasteiger partial charge >= 0.3 is 0 Å². The van der Waals surface area contributed by atoms with Crippen LogP contribution in [-0.4, -0.2) is 4.98 Å². The average Bonchev–Trinajstić information content (AvgIpc) is 2.51. The quantitative estimate of drug-likeness (QED) is 0.561. The summed E-state index contributed by atoms with van der Waals surface area (Å²) < 4.78 is 0. The van der Waals surface area contributed by atoms with Crippen LogP contribution in [0.25, 0.3) is 0 Å². The molecule has 3 heteroatoms. The molecular weight excluding hydrogens is 180 g/mol. The monoisotopic (exact) mass is 196 g/mol. The molecule has 0 saturated heterocycles. The van der Waals surface area contributed by atoms with Gasteiger partial charge in [0.25, 0.3) is 0 Å². The molecule has 0 bridgehead atoms. The van der Waals surface area contributed by atoms with Crippen LogP contribution >= 0.6 is 11.3 Å². The highest BCUT2D eigenvalue weighted by Crippen LogP contribution is 2.17. The number of rotatable bonds is 6. The van der Waals surface area contributed by atoms with Gasteiger partial charge in [-0.15, -0.1) is 17.9 Å². The Hall–Kier alpha value is -0.830. The van der Waals surface area contributed by atoms with Gasteiger partial charge in [0.05, 0.1) is 0 Å². The van der Waals surface area contributed by atoms with Crippen molar-refractivity contribution >= 4 is 16.5 Å². The Kier molecular flexibility index (Phi) is 4.54. The molecule has 2 nitrogen and oxygen atoms in total. The van der Waals surface area contributed by atoms with Gasteiger partial charge in [-0.05, 0) is 25.7 Å². The van der Waals surface area contributed by atoms with Gasteiger partial charge in [0.2, 0.25) is 0 Å². The number of nitrogens with two attached hydrogens (primary N) is 1. The summed E-state index contributed by atoms with van der Waals surface area (Å²) in [6.07, 6.45) is 9.85. The molecule has 0 aromatic carbocycles. The van der Waals surface area contributed by atoms with E-state index in [0.717, 1.165) is 12.8 Å². The standard InChI is InChI=1S/C10H16N2S/c1-2-3-4-5-6-7-9-8-12-10(11)13-9/h2,8H,1,3-7H2,(H2,11,12). The maximum atomic E-state index is 5.52. The summed E-state index contributed by atoms with van der Waals surface area (Å²) in [5.41, 5.74) is 5.52. The molecule has 0 amide bonds. The summed E-state index contributed by atoms with van der Waals surface area (Å²) >= 11 is 1.60. The maximum absolute atomic E-state index is 5.52. The van der Waals surface area contributed by atoms with Crippen molar-refractivity contribution < 1.29 is 0 Å². The highest BCUT2D eigenvalue weighted by atomic mass is 32.1. The van der Waals surface area contributed by atoms with Crippen LogP contribution < -0.4 is 5.73 Å². The number of aryl methyl sites for hydroxylation is 1. The highest BCUT2D eigenvalue weighted by molar-refractivity contribution is 7.15. The second kappa shape index (κ2) is 5.75. The number of allylic oxidation sites excluding steroid dienone is 1. The van der Waals surface area contributed by atoms with Gasteiger partial charge in [-0.1, -0.05) is 12.5 Å². The first kappa shape index (κ1) is 10.3. The average molecular weight is 196 g/mol. The molecule has 0 spiro atoms. The predicted octanol–water partition coefficient (Wildman–Crippen LogP) is 3.01. The molecule has 0 unspecified atom stereocenters. The van der Waals surface area contributed by atoms with E-state index in [1.54, 1.807) is 11.3 Å². The molecule has 13 heavy (non-hydrogen) atoms. The molecule has 0 saturated carbocycles. The normalized spacial score (nSPS) is 10.2. The SMILES string of the molecule is C=CCCCCCc1cnc(N)s1. The van der Waals surface area contributed by atoms with Crippen LogP contribution in [-0.2, 0) is 6.42 Å². The van der Waals surface area contributed by atoms with Crippen molar-refractivity contribution in [2.45, 2.75) is 32.1 Å². The number of nitrogens with zero attached hydrogens (tertiary/aromatic N) is 1. The fourth-order valence-corrected chi connectivity index (χ4v) is 1.93. The zero-order valence-electron chi connectivity index (χ0n) is 7.83. The van der Waals surface area contributed by atoms with Gasteiger partial charge in [-0.2, -0.15) is 0 Å². The Bertz CT molecular complexity index is 255. The van der Waals surface area contributed by atoms with Gasteiger partial charge in [-0.3, -0.25) is 0 Å². The Morgan fingerprint density at radius 3 is 2.92 bits per heavy atom. The number of hydrogen-bond donors (Lipinski definition) is 1. The Morgan fingerprint density at radius 1 is 1.46 bits per heavy atom. The first-order valence-electron chi connectivity index (χ1n) is 4.64. The Labute approximate surface area is 83.5 Å². The maximum Gasteiger partial charge on any atom is 0.180 e. The molecular formula is C10H16N2S. The van der Waals surface area contributed by atoms with E-state index in [0.29, 0.717) is 5.13 Å². The largest absolute Gasteiger partial charge is 0.375 e. The van der Waals surface area contributed by atoms with Crippen molar-refractivity contribution in [2.75, 3.05) is 5.73 Å². The summed E-state index contributed by atoms with van der Waals surface area (Å²) in [7, 11) is 0. The van der Waals surface area contributed by atoms with E-state index in [2.05, 4.69) is 11.6 Å². The molecule has 0 fully saturated rings. The van der Waals surface area contributed by atoms with Crippen molar-refractivity contribution in [1.82, 2.24) is 4.98 Å². The molecule has 1 aromatic heterocycles. The number of anilines is 1. The van der Waals surface area contributed by atoms with Gasteiger partial charge in [0, 0.05) is 11.1 Å².